The van der Waals surface area contributed by atoms with Crippen LogP contribution < -0.4 is 5.32 Å². The molecule has 0 spiro atoms. The molecule has 4 heteroatoms. The van der Waals surface area contributed by atoms with Gasteiger partial charge in [0.15, 0.2) is 0 Å². The maximum atomic E-state index is 12.9. The van der Waals surface area contributed by atoms with Crippen LogP contribution in [0, 0.1) is 16.7 Å². The molecule has 1 saturated heterocycles. The van der Waals surface area contributed by atoms with Crippen molar-refractivity contribution in [1.29, 1.82) is 0 Å². The number of carbonyl (C=O) groups excluding carboxylic acids is 2. The maximum Gasteiger partial charge on any atom is 0.246 e. The summed E-state index contributed by atoms with van der Waals surface area (Å²) in [6.45, 7) is 16.9. The molecule has 0 radical (unpaired) electrons. The van der Waals surface area contributed by atoms with E-state index in [1.54, 1.807) is 0 Å². The molecule has 0 saturated carbocycles. The third-order valence-corrected chi connectivity index (χ3v) is 4.27. The predicted molar refractivity (Wildman–Crippen MR) is 85.8 cm³/mol. The first-order chi connectivity index (χ1) is 9.39. The van der Waals surface area contributed by atoms with Gasteiger partial charge in [-0.3, -0.25) is 9.59 Å². The minimum absolute atomic E-state index is 0.0228. The second-order valence-corrected chi connectivity index (χ2v) is 8.58. The second kappa shape index (κ2) is 5.98. The number of piperazine rings is 1. The maximum absolute atomic E-state index is 12.9. The fourth-order valence-electron chi connectivity index (χ4n) is 2.83. The van der Waals surface area contributed by atoms with Crippen LogP contribution in [-0.2, 0) is 9.59 Å². The lowest BCUT2D eigenvalue weighted by molar-refractivity contribution is -0.157. The van der Waals surface area contributed by atoms with Gasteiger partial charge < -0.3 is 10.2 Å². The number of hydrogen-bond donors (Lipinski definition) is 1. The number of carbonyl (C=O) groups is 2. The quantitative estimate of drug-likeness (QED) is 0.870. The van der Waals surface area contributed by atoms with Gasteiger partial charge in [-0.05, 0) is 16.7 Å². The first-order valence-corrected chi connectivity index (χ1v) is 8.00. The van der Waals surface area contributed by atoms with Crippen molar-refractivity contribution in [2.45, 2.75) is 73.9 Å². The van der Waals surface area contributed by atoms with Crippen LogP contribution in [0.2, 0.25) is 0 Å². The molecule has 0 aromatic heterocycles. The molecule has 0 aliphatic carbocycles. The summed E-state index contributed by atoms with van der Waals surface area (Å²) in [4.78, 5) is 27.4. The third-order valence-electron chi connectivity index (χ3n) is 4.27. The highest BCUT2D eigenvalue weighted by atomic mass is 16.2. The van der Waals surface area contributed by atoms with E-state index in [9.17, 15) is 9.59 Å². The third kappa shape index (κ3) is 3.98. The van der Waals surface area contributed by atoms with Gasteiger partial charge in [0.05, 0.1) is 0 Å². The average molecular weight is 296 g/mol. The lowest BCUT2D eigenvalue weighted by atomic mass is 9.78. The number of hydrogen-bond acceptors (Lipinski definition) is 2. The number of nitrogens with zero attached hydrogens (tertiary/aromatic N) is 1. The molecular weight excluding hydrogens is 264 g/mol. The Labute approximate surface area is 129 Å². The molecular formula is C17H32N2O2. The van der Waals surface area contributed by atoms with Crippen LogP contribution in [-0.4, -0.2) is 35.3 Å². The van der Waals surface area contributed by atoms with Gasteiger partial charge in [-0.2, -0.15) is 0 Å². The average Bonchev–Trinajstić information content (AvgIpc) is 2.29. The van der Waals surface area contributed by atoms with E-state index in [4.69, 9.17) is 0 Å². The van der Waals surface area contributed by atoms with Crippen LogP contribution in [0.4, 0.5) is 0 Å². The van der Waals surface area contributed by atoms with Crippen molar-refractivity contribution in [3.63, 3.8) is 0 Å². The summed E-state index contributed by atoms with van der Waals surface area (Å²) in [6.07, 6.45) is 1.00. The zero-order valence-electron chi connectivity index (χ0n) is 14.9. The van der Waals surface area contributed by atoms with Crippen molar-refractivity contribution in [3.05, 3.63) is 0 Å². The molecule has 1 rings (SSSR count). The summed E-state index contributed by atoms with van der Waals surface area (Å²) in [5.74, 6) is 0.429. The largest absolute Gasteiger partial charge is 0.342 e. The molecule has 4 nitrogen and oxygen atoms in total. The van der Waals surface area contributed by atoms with Crippen molar-refractivity contribution in [1.82, 2.24) is 10.2 Å². The zero-order chi connectivity index (χ0) is 16.6. The Bertz CT molecular complexity index is 404. The van der Waals surface area contributed by atoms with Crippen LogP contribution in [0.5, 0.6) is 0 Å². The van der Waals surface area contributed by atoms with Crippen LogP contribution in [0.25, 0.3) is 0 Å². The molecule has 1 heterocycles. The first kappa shape index (κ1) is 18.0. The molecule has 0 bridgehead atoms. The van der Waals surface area contributed by atoms with E-state index in [1.807, 2.05) is 46.4 Å². The molecule has 0 aromatic rings. The molecule has 1 aliphatic rings. The Morgan fingerprint density at radius 1 is 1.10 bits per heavy atom. The summed E-state index contributed by atoms with van der Waals surface area (Å²) < 4.78 is 0. The molecule has 0 aromatic carbocycles. The van der Waals surface area contributed by atoms with Gasteiger partial charge in [-0.25, -0.2) is 0 Å². The smallest absolute Gasteiger partial charge is 0.246 e. The molecule has 1 N–H and O–H groups in total. The monoisotopic (exact) mass is 296 g/mol. The van der Waals surface area contributed by atoms with Crippen molar-refractivity contribution in [2.24, 2.45) is 16.7 Å². The molecule has 2 amide bonds. The molecule has 3 atom stereocenters. The summed E-state index contributed by atoms with van der Waals surface area (Å²) in [5.41, 5.74) is -0.542. The van der Waals surface area contributed by atoms with Crippen molar-refractivity contribution >= 4 is 11.8 Å². The van der Waals surface area contributed by atoms with E-state index >= 15 is 0 Å². The predicted octanol–water partition coefficient (Wildman–Crippen LogP) is 2.82. The van der Waals surface area contributed by atoms with Crippen molar-refractivity contribution in [2.75, 3.05) is 6.54 Å². The van der Waals surface area contributed by atoms with Crippen molar-refractivity contribution < 1.29 is 9.59 Å². The minimum Gasteiger partial charge on any atom is -0.342 e. The normalized spacial score (nSPS) is 25.8. The highest BCUT2D eigenvalue weighted by Gasteiger charge is 2.49. The van der Waals surface area contributed by atoms with Gasteiger partial charge in [0.25, 0.3) is 0 Å². The Kier molecular flexibility index (Phi) is 5.12. The van der Waals surface area contributed by atoms with Gasteiger partial charge in [-0.1, -0.05) is 61.8 Å². The summed E-state index contributed by atoms with van der Waals surface area (Å²) >= 11 is 0. The summed E-state index contributed by atoms with van der Waals surface area (Å²) in [5, 5.41) is 2.95. The zero-order valence-corrected chi connectivity index (χ0v) is 14.9. The number of nitrogens with one attached hydrogen (secondary N) is 1. The Hall–Kier alpha value is -1.06. The Balaban J connectivity index is 3.17. The van der Waals surface area contributed by atoms with Crippen molar-refractivity contribution in [3.8, 4) is 0 Å². The van der Waals surface area contributed by atoms with Gasteiger partial charge in [0.1, 0.15) is 12.1 Å². The highest BCUT2D eigenvalue weighted by molar-refractivity contribution is 5.97. The van der Waals surface area contributed by atoms with Crippen LogP contribution in [0.1, 0.15) is 61.8 Å². The van der Waals surface area contributed by atoms with E-state index in [-0.39, 0.29) is 22.6 Å². The first-order valence-electron chi connectivity index (χ1n) is 8.00. The van der Waals surface area contributed by atoms with Gasteiger partial charge in [-0.15, -0.1) is 0 Å². The molecule has 1 fully saturated rings. The standard InChI is InChI=1S/C17H32N2O2/c1-9-11(2)10-19-13(17(6,7)8)14(20)18-12(15(19)21)16(3,4)5/h11-13H,9-10H2,1-8H3,(H,18,20). The van der Waals surface area contributed by atoms with Gasteiger partial charge in [0.2, 0.25) is 11.8 Å². The lowest BCUT2D eigenvalue weighted by Gasteiger charge is -2.48. The van der Waals surface area contributed by atoms with Crippen LogP contribution in [0.3, 0.4) is 0 Å². The van der Waals surface area contributed by atoms with E-state index in [2.05, 4.69) is 19.2 Å². The van der Waals surface area contributed by atoms with Gasteiger partial charge in [0, 0.05) is 6.54 Å². The molecule has 122 valence electrons. The Morgan fingerprint density at radius 2 is 1.62 bits per heavy atom. The van der Waals surface area contributed by atoms with E-state index in [0.29, 0.717) is 12.5 Å². The number of rotatable bonds is 3. The molecule has 1 aliphatic heterocycles. The minimum atomic E-state index is -0.437. The number of amides is 2. The summed E-state index contributed by atoms with van der Waals surface area (Å²) in [7, 11) is 0. The topological polar surface area (TPSA) is 49.4 Å². The van der Waals surface area contributed by atoms with E-state index < -0.39 is 12.1 Å². The van der Waals surface area contributed by atoms with E-state index in [1.165, 1.54) is 0 Å². The summed E-state index contributed by atoms with van der Waals surface area (Å²) in [6, 6.07) is -0.828. The Morgan fingerprint density at radius 3 is 2.00 bits per heavy atom. The van der Waals surface area contributed by atoms with Crippen LogP contribution in [0.15, 0.2) is 0 Å². The lowest BCUT2D eigenvalue weighted by Crippen LogP contribution is -2.69. The van der Waals surface area contributed by atoms with E-state index in [0.717, 1.165) is 6.42 Å². The molecule has 3 unspecified atom stereocenters. The van der Waals surface area contributed by atoms with Crippen LogP contribution >= 0.6 is 0 Å². The fraction of sp³-hybridized carbons (Fsp3) is 0.882. The molecule has 21 heavy (non-hydrogen) atoms. The SMILES string of the molecule is CCC(C)CN1C(=O)C(C(C)(C)C)NC(=O)C1C(C)(C)C. The fourth-order valence-corrected chi connectivity index (χ4v) is 2.83. The highest BCUT2D eigenvalue weighted by Crippen LogP contribution is 2.32. The van der Waals surface area contributed by atoms with Gasteiger partial charge >= 0.3 is 0 Å². The second-order valence-electron chi connectivity index (χ2n) is 8.58.